The van der Waals surface area contributed by atoms with Crippen molar-refractivity contribution >= 4 is 29.4 Å². The first-order valence-electron chi connectivity index (χ1n) is 10.7. The van der Waals surface area contributed by atoms with Gasteiger partial charge in [0.05, 0.1) is 5.75 Å². The summed E-state index contributed by atoms with van der Waals surface area (Å²) < 4.78 is 26.4. The molecule has 7 nitrogen and oxygen atoms in total. The number of rotatable bonds is 8. The van der Waals surface area contributed by atoms with Crippen molar-refractivity contribution in [3.8, 4) is 0 Å². The molecule has 32 heavy (non-hydrogen) atoms. The Hall–Kier alpha value is -2.75. The average Bonchev–Trinajstić information content (AvgIpc) is 3.60. The van der Waals surface area contributed by atoms with Crippen molar-refractivity contribution in [2.45, 2.75) is 43.3 Å². The fourth-order valence-corrected chi connectivity index (χ4v) is 4.22. The number of halogens is 2. The number of hydrogen-bond acceptors (Lipinski definition) is 6. The number of hydrogen-bond donors (Lipinski definition) is 2. The van der Waals surface area contributed by atoms with Gasteiger partial charge in [0, 0.05) is 37.7 Å². The van der Waals surface area contributed by atoms with Crippen molar-refractivity contribution in [3.63, 3.8) is 0 Å². The number of amides is 2. The van der Waals surface area contributed by atoms with Gasteiger partial charge < -0.3 is 15.5 Å². The molecule has 2 fully saturated rings. The molecule has 0 unspecified atom stereocenters. The highest BCUT2D eigenvalue weighted by Gasteiger charge is 2.30. The summed E-state index contributed by atoms with van der Waals surface area (Å²) in [6.07, 6.45) is 3.79. The zero-order chi connectivity index (χ0) is 22.5. The smallest absolute Gasteiger partial charge is 0.230 e. The van der Waals surface area contributed by atoms with Crippen molar-refractivity contribution < 1.29 is 18.4 Å². The fraction of sp³-hybridized carbons (Fsp3) is 0.455. The molecule has 2 heterocycles. The van der Waals surface area contributed by atoms with Gasteiger partial charge in [-0.2, -0.15) is 0 Å². The van der Waals surface area contributed by atoms with E-state index in [1.807, 2.05) is 12.1 Å². The van der Waals surface area contributed by atoms with Crippen LogP contribution in [0.15, 0.2) is 35.4 Å². The summed E-state index contributed by atoms with van der Waals surface area (Å²) in [7, 11) is 0. The first kappa shape index (κ1) is 22.4. The summed E-state index contributed by atoms with van der Waals surface area (Å²) in [5, 5.41) is 14.8. The van der Waals surface area contributed by atoms with Gasteiger partial charge in [-0.3, -0.25) is 9.59 Å². The van der Waals surface area contributed by atoms with E-state index in [0.717, 1.165) is 50.7 Å². The monoisotopic (exact) mass is 461 g/mol. The summed E-state index contributed by atoms with van der Waals surface area (Å²) in [5.41, 5.74) is 0.360. The second kappa shape index (κ2) is 10.2. The second-order valence-electron chi connectivity index (χ2n) is 8.12. The van der Waals surface area contributed by atoms with Gasteiger partial charge >= 0.3 is 0 Å². The molecule has 2 aromatic rings. The third-order valence-electron chi connectivity index (χ3n) is 5.50. The van der Waals surface area contributed by atoms with Gasteiger partial charge in [-0.25, -0.2) is 8.78 Å². The van der Waals surface area contributed by atoms with Gasteiger partial charge in [-0.05, 0) is 55.5 Å². The van der Waals surface area contributed by atoms with Crippen molar-refractivity contribution in [2.24, 2.45) is 5.92 Å². The molecule has 1 aliphatic carbocycles. The first-order valence-corrected chi connectivity index (χ1v) is 11.7. The van der Waals surface area contributed by atoms with Crippen LogP contribution in [-0.4, -0.2) is 46.9 Å². The highest BCUT2D eigenvalue weighted by atomic mass is 32.2. The van der Waals surface area contributed by atoms with E-state index >= 15 is 0 Å². The molecule has 1 aliphatic heterocycles. The van der Waals surface area contributed by atoms with Gasteiger partial charge in [0.1, 0.15) is 16.7 Å². The number of nitrogens with one attached hydrogen (secondary N) is 2. The molecule has 2 N–H and O–H groups in total. The lowest BCUT2D eigenvalue weighted by molar-refractivity contribution is -0.125. The minimum absolute atomic E-state index is 0.0489. The van der Waals surface area contributed by atoms with Gasteiger partial charge in [-0.15, -0.1) is 10.2 Å². The second-order valence-corrected chi connectivity index (χ2v) is 9.11. The Morgan fingerprint density at radius 2 is 1.75 bits per heavy atom. The predicted octanol–water partition coefficient (Wildman–Crippen LogP) is 2.66. The molecule has 1 aromatic carbocycles. The molecule has 2 aliphatic rings. The summed E-state index contributed by atoms with van der Waals surface area (Å²) in [6, 6.07) is 7.23. The highest BCUT2D eigenvalue weighted by Crippen LogP contribution is 2.25. The van der Waals surface area contributed by atoms with Crippen LogP contribution in [0.25, 0.3) is 0 Å². The molecule has 0 spiro atoms. The largest absolute Gasteiger partial charge is 0.355 e. The van der Waals surface area contributed by atoms with E-state index in [-0.39, 0.29) is 30.0 Å². The van der Waals surface area contributed by atoms with E-state index in [1.165, 1.54) is 23.9 Å². The van der Waals surface area contributed by atoms with Crippen LogP contribution >= 0.6 is 11.8 Å². The molecule has 1 aromatic heterocycles. The quantitative estimate of drug-likeness (QED) is 0.588. The van der Waals surface area contributed by atoms with Crippen molar-refractivity contribution in [3.05, 3.63) is 47.5 Å². The van der Waals surface area contributed by atoms with E-state index in [9.17, 15) is 18.4 Å². The van der Waals surface area contributed by atoms with E-state index in [1.54, 1.807) is 0 Å². The summed E-state index contributed by atoms with van der Waals surface area (Å²) in [6.45, 7) is 1.56. The number of anilines is 1. The zero-order valence-corrected chi connectivity index (χ0v) is 18.3. The standard InChI is InChI=1S/C22H25F2N5O2S/c23-16-9-14(10-17(24)11-16)12-25-20(30)13-32-21-4-3-19(27-28-21)29-7-5-15(6-8-29)22(31)26-18-1-2-18/h3-4,9-11,15,18H,1-2,5-8,12-13H2,(H,25,30)(H,26,31). The third kappa shape index (κ3) is 6.38. The first-order chi connectivity index (χ1) is 15.5. The van der Waals surface area contributed by atoms with Crippen LogP contribution < -0.4 is 15.5 Å². The van der Waals surface area contributed by atoms with E-state index in [2.05, 4.69) is 25.7 Å². The summed E-state index contributed by atoms with van der Waals surface area (Å²) >= 11 is 1.24. The number of benzene rings is 1. The average molecular weight is 462 g/mol. The minimum atomic E-state index is -0.676. The third-order valence-corrected chi connectivity index (χ3v) is 6.42. The summed E-state index contributed by atoms with van der Waals surface area (Å²) in [5.74, 6) is -0.504. The topological polar surface area (TPSA) is 87.2 Å². The number of thioether (sulfide) groups is 1. The number of carbonyl (C=O) groups excluding carboxylic acids is 2. The number of carbonyl (C=O) groups is 2. The van der Waals surface area contributed by atoms with Gasteiger partial charge in [0.25, 0.3) is 0 Å². The molecule has 4 rings (SSSR count). The lowest BCUT2D eigenvalue weighted by Crippen LogP contribution is -2.41. The highest BCUT2D eigenvalue weighted by molar-refractivity contribution is 7.99. The van der Waals surface area contributed by atoms with Gasteiger partial charge in [0.2, 0.25) is 11.8 Å². The van der Waals surface area contributed by atoms with Gasteiger partial charge in [-0.1, -0.05) is 11.8 Å². The summed E-state index contributed by atoms with van der Waals surface area (Å²) in [4.78, 5) is 26.3. The molecule has 0 radical (unpaired) electrons. The van der Waals surface area contributed by atoms with E-state index in [0.29, 0.717) is 16.6 Å². The van der Waals surface area contributed by atoms with Crippen LogP contribution in [0.4, 0.5) is 14.6 Å². The Labute approximate surface area is 189 Å². The fourth-order valence-electron chi connectivity index (χ4n) is 3.58. The maximum Gasteiger partial charge on any atom is 0.230 e. The lowest BCUT2D eigenvalue weighted by atomic mass is 9.96. The maximum absolute atomic E-state index is 13.2. The van der Waals surface area contributed by atoms with E-state index in [4.69, 9.17) is 0 Å². The molecule has 0 bridgehead atoms. The molecular formula is C22H25F2N5O2S. The Morgan fingerprint density at radius 3 is 2.38 bits per heavy atom. The maximum atomic E-state index is 13.2. The Kier molecular flexibility index (Phi) is 7.19. The molecular weight excluding hydrogens is 436 g/mol. The molecule has 1 saturated heterocycles. The molecule has 1 saturated carbocycles. The molecule has 170 valence electrons. The molecule has 10 heteroatoms. The van der Waals surface area contributed by atoms with E-state index < -0.39 is 11.6 Å². The Bertz CT molecular complexity index is 943. The zero-order valence-electron chi connectivity index (χ0n) is 17.5. The van der Waals surface area contributed by atoms with Crippen LogP contribution in [0.1, 0.15) is 31.2 Å². The van der Waals surface area contributed by atoms with Gasteiger partial charge in [0.15, 0.2) is 5.82 Å². The predicted molar refractivity (Wildman–Crippen MR) is 117 cm³/mol. The van der Waals surface area contributed by atoms with Crippen LogP contribution in [0.5, 0.6) is 0 Å². The normalized spacial score (nSPS) is 16.6. The number of piperidine rings is 1. The molecule has 2 amide bonds. The van der Waals surface area contributed by atoms with Crippen molar-refractivity contribution in [1.82, 2.24) is 20.8 Å². The number of aromatic nitrogens is 2. The minimum Gasteiger partial charge on any atom is -0.355 e. The Morgan fingerprint density at radius 1 is 1.03 bits per heavy atom. The Balaban J connectivity index is 1.19. The lowest BCUT2D eigenvalue weighted by Gasteiger charge is -2.31. The number of nitrogens with zero attached hydrogens (tertiary/aromatic N) is 3. The van der Waals surface area contributed by atoms with Crippen LogP contribution in [0.3, 0.4) is 0 Å². The molecule has 0 atom stereocenters. The van der Waals surface area contributed by atoms with Crippen LogP contribution in [0.2, 0.25) is 0 Å². The van der Waals surface area contributed by atoms with Crippen LogP contribution in [0, 0.1) is 17.6 Å². The van der Waals surface area contributed by atoms with Crippen molar-refractivity contribution in [1.29, 1.82) is 0 Å². The van der Waals surface area contributed by atoms with Crippen LogP contribution in [-0.2, 0) is 16.1 Å². The van der Waals surface area contributed by atoms with Crippen molar-refractivity contribution in [2.75, 3.05) is 23.7 Å². The SMILES string of the molecule is O=C(CSc1ccc(N2CCC(C(=O)NC3CC3)CC2)nn1)NCc1cc(F)cc(F)c1.